The van der Waals surface area contributed by atoms with Crippen LogP contribution in [0.4, 0.5) is 0 Å². The zero-order valence-corrected chi connectivity index (χ0v) is 13.4. The van der Waals surface area contributed by atoms with Crippen molar-refractivity contribution in [2.45, 2.75) is 31.2 Å². The summed E-state index contributed by atoms with van der Waals surface area (Å²) in [4.78, 5) is 2.74. The van der Waals surface area contributed by atoms with Crippen molar-refractivity contribution in [3.05, 3.63) is 51.7 Å². The van der Waals surface area contributed by atoms with Gasteiger partial charge in [-0.05, 0) is 54.8 Å². The maximum absolute atomic E-state index is 3.68. The van der Waals surface area contributed by atoms with E-state index < -0.39 is 0 Å². The number of rotatable bonds is 6. The summed E-state index contributed by atoms with van der Waals surface area (Å²) in [5.74, 6) is 0. The van der Waals surface area contributed by atoms with E-state index >= 15 is 0 Å². The van der Waals surface area contributed by atoms with E-state index in [1.54, 1.807) is 0 Å². The fourth-order valence-corrected chi connectivity index (χ4v) is 3.58. The van der Waals surface area contributed by atoms with Crippen LogP contribution < -0.4 is 5.32 Å². The number of thioether (sulfide) groups is 1. The predicted molar refractivity (Wildman–Crippen MR) is 87.4 cm³/mol. The molecule has 1 heterocycles. The Labute approximate surface area is 124 Å². The molecule has 1 N–H and O–H groups in total. The van der Waals surface area contributed by atoms with Crippen LogP contribution in [0.15, 0.2) is 40.6 Å². The molecule has 0 saturated carbocycles. The van der Waals surface area contributed by atoms with Crippen LogP contribution in [0, 0.1) is 6.92 Å². The number of aryl methyl sites for hydroxylation is 1. The van der Waals surface area contributed by atoms with E-state index in [9.17, 15) is 0 Å². The fourth-order valence-electron chi connectivity index (χ4n) is 2.22. The molecule has 0 aliphatic heterocycles. The number of hydrogen-bond acceptors (Lipinski definition) is 3. The van der Waals surface area contributed by atoms with Crippen molar-refractivity contribution in [1.29, 1.82) is 0 Å². The highest BCUT2D eigenvalue weighted by Gasteiger charge is 2.17. The summed E-state index contributed by atoms with van der Waals surface area (Å²) in [6.45, 7) is 5.43. The van der Waals surface area contributed by atoms with Gasteiger partial charge in [-0.2, -0.15) is 0 Å². The van der Waals surface area contributed by atoms with E-state index in [0.717, 1.165) is 13.0 Å². The average Bonchev–Trinajstić information content (AvgIpc) is 2.86. The summed E-state index contributed by atoms with van der Waals surface area (Å²) < 4.78 is 0. The molecule has 102 valence electrons. The Morgan fingerprint density at radius 2 is 2.11 bits per heavy atom. The highest BCUT2D eigenvalue weighted by Crippen LogP contribution is 2.32. The summed E-state index contributed by atoms with van der Waals surface area (Å²) in [5, 5.41) is 5.96. The lowest BCUT2D eigenvalue weighted by molar-refractivity contribution is 0.593. The van der Waals surface area contributed by atoms with Crippen LogP contribution in [-0.2, 0) is 0 Å². The van der Waals surface area contributed by atoms with Crippen molar-refractivity contribution in [2.24, 2.45) is 0 Å². The molecule has 0 fully saturated rings. The molecule has 3 heteroatoms. The minimum Gasteiger partial charge on any atom is -0.306 e. The molecule has 1 atom stereocenters. The standard InChI is InChI=1S/C16H21NS2/c1-4-9-17-16(13-10-12(2)19-11-13)14-7-5-6-8-15(14)18-3/h5-8,10-11,16-17H,4,9H2,1-3H3. The lowest BCUT2D eigenvalue weighted by atomic mass is 10.0. The minimum absolute atomic E-state index is 0.313. The minimum atomic E-state index is 0.313. The van der Waals surface area contributed by atoms with Gasteiger partial charge in [-0.1, -0.05) is 25.1 Å². The Morgan fingerprint density at radius 1 is 1.32 bits per heavy atom. The third-order valence-electron chi connectivity index (χ3n) is 3.13. The van der Waals surface area contributed by atoms with Crippen LogP contribution in [-0.4, -0.2) is 12.8 Å². The first-order chi connectivity index (χ1) is 9.26. The zero-order valence-electron chi connectivity index (χ0n) is 11.8. The second-order valence-corrected chi connectivity index (χ2v) is 6.58. The maximum atomic E-state index is 3.68. The smallest absolute Gasteiger partial charge is 0.0596 e. The molecule has 0 amide bonds. The van der Waals surface area contributed by atoms with Gasteiger partial charge < -0.3 is 5.32 Å². The summed E-state index contributed by atoms with van der Waals surface area (Å²) in [5.41, 5.74) is 2.78. The highest BCUT2D eigenvalue weighted by atomic mass is 32.2. The van der Waals surface area contributed by atoms with Crippen LogP contribution in [0.5, 0.6) is 0 Å². The van der Waals surface area contributed by atoms with Gasteiger partial charge in [0.2, 0.25) is 0 Å². The zero-order chi connectivity index (χ0) is 13.7. The first-order valence-electron chi connectivity index (χ1n) is 6.67. The Balaban J connectivity index is 2.36. The summed E-state index contributed by atoms with van der Waals surface area (Å²) >= 11 is 3.65. The maximum Gasteiger partial charge on any atom is 0.0596 e. The first kappa shape index (κ1) is 14.6. The largest absolute Gasteiger partial charge is 0.306 e. The molecule has 1 aromatic carbocycles. The van der Waals surface area contributed by atoms with Crippen LogP contribution in [0.3, 0.4) is 0 Å². The van der Waals surface area contributed by atoms with Gasteiger partial charge in [-0.25, -0.2) is 0 Å². The Kier molecular flexibility index (Phi) is 5.49. The van der Waals surface area contributed by atoms with E-state index in [0.29, 0.717) is 6.04 Å². The van der Waals surface area contributed by atoms with Gasteiger partial charge in [0.15, 0.2) is 0 Å². The Morgan fingerprint density at radius 3 is 2.74 bits per heavy atom. The van der Waals surface area contributed by atoms with Gasteiger partial charge in [0.1, 0.15) is 0 Å². The summed E-state index contributed by atoms with van der Waals surface area (Å²) in [6.07, 6.45) is 3.30. The molecular formula is C16H21NS2. The van der Waals surface area contributed by atoms with E-state index in [2.05, 4.69) is 61.1 Å². The lowest BCUT2D eigenvalue weighted by Gasteiger charge is -2.20. The van der Waals surface area contributed by atoms with Crippen molar-refractivity contribution < 1.29 is 0 Å². The van der Waals surface area contributed by atoms with Gasteiger partial charge in [-0.3, -0.25) is 0 Å². The third kappa shape index (κ3) is 3.62. The van der Waals surface area contributed by atoms with Gasteiger partial charge in [0.25, 0.3) is 0 Å². The second-order valence-electron chi connectivity index (χ2n) is 4.62. The summed E-state index contributed by atoms with van der Waals surface area (Å²) in [7, 11) is 0. The van der Waals surface area contributed by atoms with Crippen LogP contribution in [0.1, 0.15) is 35.4 Å². The Bertz CT molecular complexity index is 519. The van der Waals surface area contributed by atoms with Crippen LogP contribution in [0.25, 0.3) is 0 Å². The molecule has 1 aromatic heterocycles. The van der Waals surface area contributed by atoms with E-state index in [-0.39, 0.29) is 0 Å². The second kappa shape index (κ2) is 7.13. The number of nitrogens with one attached hydrogen (secondary N) is 1. The van der Waals surface area contributed by atoms with Crippen LogP contribution in [0.2, 0.25) is 0 Å². The third-order valence-corrected chi connectivity index (χ3v) is 4.82. The van der Waals surface area contributed by atoms with Gasteiger partial charge in [0.05, 0.1) is 6.04 Å². The molecular weight excluding hydrogens is 270 g/mol. The van der Waals surface area contributed by atoms with E-state index in [1.807, 2.05) is 23.1 Å². The van der Waals surface area contributed by atoms with Gasteiger partial charge >= 0.3 is 0 Å². The topological polar surface area (TPSA) is 12.0 Å². The number of thiophene rings is 1. The van der Waals surface area contributed by atoms with E-state index in [1.165, 1.54) is 20.9 Å². The molecule has 1 nitrogen and oxygen atoms in total. The Hall–Kier alpha value is -0.770. The van der Waals surface area contributed by atoms with Crippen molar-refractivity contribution in [1.82, 2.24) is 5.32 Å². The lowest BCUT2D eigenvalue weighted by Crippen LogP contribution is -2.23. The monoisotopic (exact) mass is 291 g/mol. The van der Waals surface area contributed by atoms with Crippen molar-refractivity contribution >= 4 is 23.1 Å². The fraction of sp³-hybridized carbons (Fsp3) is 0.375. The quantitative estimate of drug-likeness (QED) is 0.762. The van der Waals surface area contributed by atoms with Crippen molar-refractivity contribution in [2.75, 3.05) is 12.8 Å². The van der Waals surface area contributed by atoms with Crippen molar-refractivity contribution in [3.8, 4) is 0 Å². The molecule has 0 saturated heterocycles. The molecule has 0 radical (unpaired) electrons. The molecule has 19 heavy (non-hydrogen) atoms. The molecule has 2 aromatic rings. The van der Waals surface area contributed by atoms with Crippen LogP contribution >= 0.6 is 23.1 Å². The van der Waals surface area contributed by atoms with Crippen molar-refractivity contribution in [3.63, 3.8) is 0 Å². The molecule has 0 spiro atoms. The molecule has 2 rings (SSSR count). The highest BCUT2D eigenvalue weighted by molar-refractivity contribution is 7.98. The first-order valence-corrected chi connectivity index (χ1v) is 8.78. The van der Waals surface area contributed by atoms with Gasteiger partial charge in [-0.15, -0.1) is 23.1 Å². The summed E-state index contributed by atoms with van der Waals surface area (Å²) in [6, 6.07) is 11.3. The predicted octanol–water partition coefficient (Wildman–Crippen LogP) is 4.87. The average molecular weight is 291 g/mol. The normalized spacial score (nSPS) is 12.6. The molecule has 0 aliphatic rings. The number of benzene rings is 1. The molecule has 1 unspecified atom stereocenters. The SMILES string of the molecule is CCCNC(c1csc(C)c1)c1ccccc1SC. The van der Waals surface area contributed by atoms with E-state index in [4.69, 9.17) is 0 Å². The number of hydrogen-bond donors (Lipinski definition) is 1. The molecule has 0 bridgehead atoms. The molecule has 0 aliphatic carbocycles. The van der Waals surface area contributed by atoms with Gasteiger partial charge in [0, 0.05) is 9.77 Å².